The molecule has 0 atom stereocenters. The Morgan fingerprint density at radius 2 is 2.05 bits per heavy atom. The van der Waals surface area contributed by atoms with Crippen LogP contribution in [-0.4, -0.2) is 6.61 Å². The molecule has 0 saturated heterocycles. The first kappa shape index (κ1) is 15.7. The standard InChI is InChI=1S/C16H13BrClNO2/c1-2-20-15-8-12(9-19)7-14(17)16(15)21-10-11-4-3-5-13(18)6-11/h3-8H,2,10H2,1H3. The molecule has 2 aromatic carbocycles. The molecule has 0 aliphatic rings. The van der Waals surface area contributed by atoms with Crippen LogP contribution in [0.5, 0.6) is 11.5 Å². The number of halogens is 2. The van der Waals surface area contributed by atoms with Crippen molar-refractivity contribution in [3.8, 4) is 17.6 Å². The minimum absolute atomic E-state index is 0.366. The Morgan fingerprint density at radius 3 is 2.71 bits per heavy atom. The maximum Gasteiger partial charge on any atom is 0.175 e. The summed E-state index contributed by atoms with van der Waals surface area (Å²) in [6, 6.07) is 12.9. The van der Waals surface area contributed by atoms with Gasteiger partial charge in [-0.2, -0.15) is 5.26 Å². The number of hydrogen-bond acceptors (Lipinski definition) is 3. The van der Waals surface area contributed by atoms with Gasteiger partial charge >= 0.3 is 0 Å². The average molecular weight is 367 g/mol. The SMILES string of the molecule is CCOc1cc(C#N)cc(Br)c1OCc1cccc(Cl)c1. The summed E-state index contributed by atoms with van der Waals surface area (Å²) >= 11 is 9.37. The molecule has 5 heteroatoms. The maximum absolute atomic E-state index is 9.00. The summed E-state index contributed by atoms with van der Waals surface area (Å²) in [5.74, 6) is 1.13. The van der Waals surface area contributed by atoms with E-state index in [1.807, 2.05) is 31.2 Å². The molecule has 0 bridgehead atoms. The van der Waals surface area contributed by atoms with Crippen molar-refractivity contribution < 1.29 is 9.47 Å². The van der Waals surface area contributed by atoms with E-state index in [1.165, 1.54) is 0 Å². The molecule has 2 aromatic rings. The highest BCUT2D eigenvalue weighted by atomic mass is 79.9. The van der Waals surface area contributed by atoms with Gasteiger partial charge in [0, 0.05) is 11.1 Å². The molecule has 0 unspecified atom stereocenters. The predicted octanol–water partition coefficient (Wildman–Crippen LogP) is 4.95. The van der Waals surface area contributed by atoms with E-state index in [0.717, 1.165) is 5.56 Å². The zero-order valence-corrected chi connectivity index (χ0v) is 13.7. The molecular formula is C16H13BrClNO2. The van der Waals surface area contributed by atoms with Gasteiger partial charge in [0.1, 0.15) is 6.61 Å². The van der Waals surface area contributed by atoms with E-state index < -0.39 is 0 Å². The van der Waals surface area contributed by atoms with Gasteiger partial charge in [0.2, 0.25) is 0 Å². The molecule has 0 radical (unpaired) electrons. The summed E-state index contributed by atoms with van der Waals surface area (Å²) in [6.07, 6.45) is 0. The van der Waals surface area contributed by atoms with Crippen molar-refractivity contribution in [2.45, 2.75) is 13.5 Å². The fourth-order valence-corrected chi connectivity index (χ4v) is 2.59. The smallest absolute Gasteiger partial charge is 0.175 e. The van der Waals surface area contributed by atoms with Gasteiger partial charge in [0.25, 0.3) is 0 Å². The van der Waals surface area contributed by atoms with Gasteiger partial charge in [-0.25, -0.2) is 0 Å². The summed E-state index contributed by atoms with van der Waals surface area (Å²) in [4.78, 5) is 0. The number of hydrogen-bond donors (Lipinski definition) is 0. The lowest BCUT2D eigenvalue weighted by atomic mass is 10.2. The quantitative estimate of drug-likeness (QED) is 0.751. The third kappa shape index (κ3) is 4.13. The van der Waals surface area contributed by atoms with Crippen molar-refractivity contribution in [2.24, 2.45) is 0 Å². The zero-order chi connectivity index (χ0) is 15.2. The monoisotopic (exact) mass is 365 g/mol. The lowest BCUT2D eigenvalue weighted by Gasteiger charge is -2.14. The van der Waals surface area contributed by atoms with Crippen LogP contribution in [0.15, 0.2) is 40.9 Å². The van der Waals surface area contributed by atoms with Gasteiger partial charge in [0.05, 0.1) is 22.7 Å². The van der Waals surface area contributed by atoms with Crippen molar-refractivity contribution in [1.29, 1.82) is 5.26 Å². The molecule has 0 spiro atoms. The Labute approximate surface area is 137 Å². The molecule has 0 aromatic heterocycles. The van der Waals surface area contributed by atoms with Crippen LogP contribution in [0, 0.1) is 11.3 Å². The number of nitriles is 1. The maximum atomic E-state index is 9.00. The Morgan fingerprint density at radius 1 is 1.24 bits per heavy atom. The largest absolute Gasteiger partial charge is 0.490 e. The third-order valence-corrected chi connectivity index (χ3v) is 3.53. The van der Waals surface area contributed by atoms with Gasteiger partial charge in [-0.15, -0.1) is 0 Å². The second kappa shape index (κ2) is 7.35. The van der Waals surface area contributed by atoms with Crippen LogP contribution in [0.25, 0.3) is 0 Å². The highest BCUT2D eigenvalue weighted by Crippen LogP contribution is 2.37. The van der Waals surface area contributed by atoms with E-state index in [0.29, 0.717) is 39.8 Å². The first-order valence-corrected chi connectivity index (χ1v) is 7.54. The van der Waals surface area contributed by atoms with Crippen molar-refractivity contribution >= 4 is 27.5 Å². The molecule has 0 amide bonds. The Bertz CT molecular complexity index is 682. The van der Waals surface area contributed by atoms with E-state index in [9.17, 15) is 0 Å². The van der Waals surface area contributed by atoms with Crippen LogP contribution in [0.1, 0.15) is 18.1 Å². The minimum Gasteiger partial charge on any atom is -0.490 e. The van der Waals surface area contributed by atoms with Crippen LogP contribution >= 0.6 is 27.5 Å². The average Bonchev–Trinajstić information content (AvgIpc) is 2.46. The molecule has 0 aliphatic heterocycles. The predicted molar refractivity (Wildman–Crippen MR) is 85.8 cm³/mol. The van der Waals surface area contributed by atoms with Crippen LogP contribution in [0.2, 0.25) is 5.02 Å². The van der Waals surface area contributed by atoms with E-state index >= 15 is 0 Å². The van der Waals surface area contributed by atoms with E-state index in [1.54, 1.807) is 12.1 Å². The Hall–Kier alpha value is -1.70. The second-order valence-electron chi connectivity index (χ2n) is 4.25. The van der Waals surface area contributed by atoms with Crippen LogP contribution < -0.4 is 9.47 Å². The molecule has 2 rings (SSSR count). The zero-order valence-electron chi connectivity index (χ0n) is 11.4. The molecule has 21 heavy (non-hydrogen) atoms. The van der Waals surface area contributed by atoms with E-state index in [2.05, 4.69) is 22.0 Å². The summed E-state index contributed by atoms with van der Waals surface area (Å²) in [5.41, 5.74) is 1.47. The fraction of sp³-hybridized carbons (Fsp3) is 0.188. The van der Waals surface area contributed by atoms with E-state index in [-0.39, 0.29) is 0 Å². The molecular weight excluding hydrogens is 354 g/mol. The number of rotatable bonds is 5. The molecule has 0 aliphatic carbocycles. The van der Waals surface area contributed by atoms with Crippen molar-refractivity contribution in [2.75, 3.05) is 6.61 Å². The first-order valence-electron chi connectivity index (χ1n) is 6.37. The second-order valence-corrected chi connectivity index (χ2v) is 5.54. The van der Waals surface area contributed by atoms with Crippen molar-refractivity contribution in [1.82, 2.24) is 0 Å². The van der Waals surface area contributed by atoms with E-state index in [4.69, 9.17) is 26.3 Å². The highest BCUT2D eigenvalue weighted by Gasteiger charge is 2.12. The van der Waals surface area contributed by atoms with Crippen LogP contribution in [0.3, 0.4) is 0 Å². The minimum atomic E-state index is 0.366. The molecule has 108 valence electrons. The molecule has 0 N–H and O–H groups in total. The van der Waals surface area contributed by atoms with Gasteiger partial charge in [0.15, 0.2) is 11.5 Å². The number of benzene rings is 2. The summed E-state index contributed by atoms with van der Waals surface area (Å²) in [5, 5.41) is 9.67. The summed E-state index contributed by atoms with van der Waals surface area (Å²) in [6.45, 7) is 2.74. The Balaban J connectivity index is 2.24. The highest BCUT2D eigenvalue weighted by molar-refractivity contribution is 9.10. The number of ether oxygens (including phenoxy) is 2. The molecule has 0 heterocycles. The van der Waals surface area contributed by atoms with Crippen molar-refractivity contribution in [3.05, 3.63) is 57.0 Å². The van der Waals surface area contributed by atoms with Crippen LogP contribution in [0.4, 0.5) is 0 Å². The topological polar surface area (TPSA) is 42.2 Å². The molecule has 0 saturated carbocycles. The lowest BCUT2D eigenvalue weighted by molar-refractivity contribution is 0.267. The lowest BCUT2D eigenvalue weighted by Crippen LogP contribution is -2.01. The Kier molecular flexibility index (Phi) is 5.49. The molecule has 3 nitrogen and oxygen atoms in total. The fourth-order valence-electron chi connectivity index (χ4n) is 1.82. The van der Waals surface area contributed by atoms with Crippen LogP contribution in [-0.2, 0) is 6.61 Å². The van der Waals surface area contributed by atoms with Gasteiger partial charge in [-0.1, -0.05) is 23.7 Å². The first-order chi connectivity index (χ1) is 10.1. The van der Waals surface area contributed by atoms with Gasteiger partial charge < -0.3 is 9.47 Å². The van der Waals surface area contributed by atoms with Gasteiger partial charge in [-0.3, -0.25) is 0 Å². The number of nitrogens with zero attached hydrogens (tertiary/aromatic N) is 1. The normalized spacial score (nSPS) is 10.0. The van der Waals surface area contributed by atoms with Crippen molar-refractivity contribution in [3.63, 3.8) is 0 Å². The van der Waals surface area contributed by atoms with Gasteiger partial charge in [-0.05, 0) is 46.6 Å². The third-order valence-electron chi connectivity index (χ3n) is 2.71. The molecule has 0 fully saturated rings. The summed E-state index contributed by atoms with van der Waals surface area (Å²) < 4.78 is 12.0. The summed E-state index contributed by atoms with van der Waals surface area (Å²) in [7, 11) is 0.